The van der Waals surface area contributed by atoms with Crippen LogP contribution in [0.1, 0.15) is 41.5 Å². The van der Waals surface area contributed by atoms with Crippen molar-refractivity contribution in [2.75, 3.05) is 0 Å². The fourth-order valence-corrected chi connectivity index (χ4v) is 1.28. The number of carbonyl (C=O) groups excluding carboxylic acids is 2. The van der Waals surface area contributed by atoms with E-state index < -0.39 is 29.6 Å². The highest BCUT2D eigenvalue weighted by atomic mass is 16.6. The van der Waals surface area contributed by atoms with E-state index in [1.807, 2.05) is 0 Å². The molecule has 0 amide bonds. The summed E-state index contributed by atoms with van der Waals surface area (Å²) in [5.74, 6) is -1.15. The predicted octanol–water partition coefficient (Wildman–Crippen LogP) is 1.07. The zero-order valence-electron chi connectivity index (χ0n) is 11.3. The average Bonchev–Trinajstić information content (AvgIpc) is 2.13. The lowest BCUT2D eigenvalue weighted by atomic mass is 10.00. The number of carbonyl (C=O) groups is 2. The summed E-state index contributed by atoms with van der Waals surface area (Å²) in [5.41, 5.74) is -1.51. The van der Waals surface area contributed by atoms with Crippen LogP contribution in [0.4, 0.5) is 0 Å². The largest absolute Gasteiger partial charge is 0.453 e. The minimum Gasteiger partial charge on any atom is -0.453 e. The molecule has 0 spiro atoms. The van der Waals surface area contributed by atoms with Gasteiger partial charge in [0.1, 0.15) is 5.60 Å². The molecule has 0 aromatic carbocycles. The predicted molar refractivity (Wildman–Crippen MR) is 62.5 cm³/mol. The van der Waals surface area contributed by atoms with Gasteiger partial charge in [-0.25, -0.2) is 4.79 Å². The van der Waals surface area contributed by atoms with Crippen LogP contribution in [0.5, 0.6) is 0 Å². The van der Waals surface area contributed by atoms with Gasteiger partial charge in [0.05, 0.1) is 6.10 Å². The number of ketones is 1. The number of esters is 1. The van der Waals surface area contributed by atoms with E-state index in [2.05, 4.69) is 0 Å². The van der Waals surface area contributed by atoms with Crippen LogP contribution in [0.2, 0.25) is 0 Å². The Hall–Kier alpha value is -0.940. The van der Waals surface area contributed by atoms with Crippen LogP contribution in [-0.4, -0.2) is 40.8 Å². The van der Waals surface area contributed by atoms with E-state index in [1.165, 1.54) is 20.8 Å². The van der Waals surface area contributed by atoms with E-state index in [0.717, 1.165) is 0 Å². The van der Waals surface area contributed by atoms with Gasteiger partial charge in [0, 0.05) is 0 Å². The van der Waals surface area contributed by atoms with Crippen LogP contribution in [0.3, 0.4) is 0 Å². The van der Waals surface area contributed by atoms with E-state index in [9.17, 15) is 14.7 Å². The summed E-state index contributed by atoms with van der Waals surface area (Å²) in [5, 5.41) is 9.48. The van der Waals surface area contributed by atoms with Crippen molar-refractivity contribution in [3.63, 3.8) is 0 Å². The van der Waals surface area contributed by atoms with Crippen molar-refractivity contribution < 1.29 is 24.2 Å². The molecule has 0 aliphatic rings. The second-order valence-corrected chi connectivity index (χ2v) is 4.83. The van der Waals surface area contributed by atoms with Crippen LogP contribution in [0, 0.1) is 0 Å². The molecule has 5 heteroatoms. The van der Waals surface area contributed by atoms with Crippen molar-refractivity contribution in [2.24, 2.45) is 0 Å². The molecule has 0 aromatic heterocycles. The standard InChI is InChI=1S/C12H22O5/c1-7(2)16-9(4)11(14)17-8(3)10(13)12(5,6)15/h7-9,15H,1-6H3. The van der Waals surface area contributed by atoms with Crippen LogP contribution >= 0.6 is 0 Å². The first-order valence-electron chi connectivity index (χ1n) is 5.68. The molecule has 0 saturated carbocycles. The van der Waals surface area contributed by atoms with Crippen molar-refractivity contribution in [3.8, 4) is 0 Å². The molecule has 0 radical (unpaired) electrons. The maximum atomic E-state index is 11.6. The van der Waals surface area contributed by atoms with E-state index in [1.54, 1.807) is 20.8 Å². The van der Waals surface area contributed by atoms with Crippen molar-refractivity contribution in [2.45, 2.75) is 65.5 Å². The lowest BCUT2D eigenvalue weighted by molar-refractivity contribution is -0.170. The highest BCUT2D eigenvalue weighted by Crippen LogP contribution is 2.10. The van der Waals surface area contributed by atoms with Crippen molar-refractivity contribution >= 4 is 11.8 Å². The average molecular weight is 246 g/mol. The van der Waals surface area contributed by atoms with E-state index in [-0.39, 0.29) is 6.10 Å². The summed E-state index contributed by atoms with van der Waals surface area (Å²) in [7, 11) is 0. The zero-order chi connectivity index (χ0) is 13.8. The molecule has 0 saturated heterocycles. The first-order chi connectivity index (χ1) is 7.55. The number of aliphatic hydroxyl groups is 1. The van der Waals surface area contributed by atoms with Gasteiger partial charge in [-0.3, -0.25) is 4.79 Å². The van der Waals surface area contributed by atoms with Crippen LogP contribution in [0.25, 0.3) is 0 Å². The molecule has 1 N–H and O–H groups in total. The second kappa shape index (κ2) is 6.12. The van der Waals surface area contributed by atoms with Crippen molar-refractivity contribution in [1.82, 2.24) is 0 Å². The Kier molecular flexibility index (Phi) is 5.78. The van der Waals surface area contributed by atoms with E-state index in [0.29, 0.717) is 0 Å². The molecule has 2 atom stereocenters. The topological polar surface area (TPSA) is 72.8 Å². The van der Waals surface area contributed by atoms with E-state index in [4.69, 9.17) is 9.47 Å². The SMILES string of the molecule is CC(C)OC(C)C(=O)OC(C)C(=O)C(C)(C)O. The Morgan fingerprint density at radius 3 is 1.88 bits per heavy atom. The quantitative estimate of drug-likeness (QED) is 0.710. The van der Waals surface area contributed by atoms with Gasteiger partial charge in [-0.15, -0.1) is 0 Å². The number of hydrogen-bond acceptors (Lipinski definition) is 5. The lowest BCUT2D eigenvalue weighted by Gasteiger charge is -2.22. The molecular weight excluding hydrogens is 224 g/mol. The van der Waals surface area contributed by atoms with Crippen molar-refractivity contribution in [3.05, 3.63) is 0 Å². The highest BCUT2D eigenvalue weighted by molar-refractivity contribution is 5.91. The van der Waals surface area contributed by atoms with Crippen LogP contribution in [0.15, 0.2) is 0 Å². The maximum Gasteiger partial charge on any atom is 0.335 e. The molecule has 2 unspecified atom stereocenters. The summed E-state index contributed by atoms with van der Waals surface area (Å²) in [6.07, 6.45) is -1.81. The fraction of sp³-hybridized carbons (Fsp3) is 0.833. The fourth-order valence-electron chi connectivity index (χ4n) is 1.28. The zero-order valence-corrected chi connectivity index (χ0v) is 11.3. The van der Waals surface area contributed by atoms with Gasteiger partial charge in [-0.2, -0.15) is 0 Å². The number of ether oxygens (including phenoxy) is 2. The Balaban J connectivity index is 4.35. The third kappa shape index (κ3) is 5.79. The summed E-state index contributed by atoms with van der Waals surface area (Å²) in [6.45, 7) is 9.30. The third-order valence-electron chi connectivity index (χ3n) is 2.07. The number of hydrogen-bond donors (Lipinski definition) is 1. The summed E-state index contributed by atoms with van der Waals surface area (Å²) in [6, 6.07) is 0. The minimum absolute atomic E-state index is 0.0992. The van der Waals surface area contributed by atoms with Gasteiger partial charge in [0.25, 0.3) is 0 Å². The molecule has 0 aliphatic carbocycles. The Morgan fingerprint density at radius 1 is 1.06 bits per heavy atom. The minimum atomic E-state index is -1.51. The third-order valence-corrected chi connectivity index (χ3v) is 2.07. The van der Waals surface area contributed by atoms with E-state index >= 15 is 0 Å². The Labute approximate surface area is 102 Å². The van der Waals surface area contributed by atoms with Gasteiger partial charge < -0.3 is 14.6 Å². The Bertz CT molecular complexity index is 277. The number of rotatable bonds is 6. The molecule has 0 bridgehead atoms. The molecule has 5 nitrogen and oxygen atoms in total. The van der Waals surface area contributed by atoms with Gasteiger partial charge in [-0.05, 0) is 41.5 Å². The van der Waals surface area contributed by atoms with Gasteiger partial charge >= 0.3 is 5.97 Å². The van der Waals surface area contributed by atoms with Crippen LogP contribution < -0.4 is 0 Å². The lowest BCUT2D eigenvalue weighted by Crippen LogP contribution is -2.42. The monoisotopic (exact) mass is 246 g/mol. The van der Waals surface area contributed by atoms with Crippen LogP contribution in [-0.2, 0) is 19.1 Å². The Morgan fingerprint density at radius 2 is 1.53 bits per heavy atom. The van der Waals surface area contributed by atoms with Gasteiger partial charge in [-0.1, -0.05) is 0 Å². The molecule has 17 heavy (non-hydrogen) atoms. The molecular formula is C12H22O5. The number of Topliss-reactive ketones (excluding diaryl/α,β-unsaturated/α-hetero) is 1. The molecule has 0 aromatic rings. The molecule has 0 rings (SSSR count). The summed E-state index contributed by atoms with van der Waals surface area (Å²) in [4.78, 5) is 23.1. The first kappa shape index (κ1) is 16.1. The van der Waals surface area contributed by atoms with Gasteiger partial charge in [0.15, 0.2) is 12.2 Å². The maximum absolute atomic E-state index is 11.6. The van der Waals surface area contributed by atoms with Gasteiger partial charge in [0.2, 0.25) is 5.78 Å². The molecule has 0 fully saturated rings. The smallest absolute Gasteiger partial charge is 0.335 e. The van der Waals surface area contributed by atoms with Crippen molar-refractivity contribution in [1.29, 1.82) is 0 Å². The molecule has 100 valence electrons. The first-order valence-corrected chi connectivity index (χ1v) is 5.68. The summed E-state index contributed by atoms with van der Waals surface area (Å²) < 4.78 is 10.2. The molecule has 0 aliphatic heterocycles. The normalized spacial score (nSPS) is 15.5. The highest BCUT2D eigenvalue weighted by Gasteiger charge is 2.32. The summed E-state index contributed by atoms with van der Waals surface area (Å²) >= 11 is 0. The second-order valence-electron chi connectivity index (χ2n) is 4.83. The molecule has 0 heterocycles.